The monoisotopic (exact) mass is 396 g/mol. The summed E-state index contributed by atoms with van der Waals surface area (Å²) in [7, 11) is 3.56. The Balaban J connectivity index is 0.00000261. The summed E-state index contributed by atoms with van der Waals surface area (Å²) >= 11 is 0. The second-order valence-corrected chi connectivity index (χ2v) is 6.52. The third kappa shape index (κ3) is 4.78. The van der Waals surface area contributed by atoms with E-state index in [2.05, 4.69) is 48.1 Å². The topological polar surface area (TPSA) is 120 Å². The minimum absolute atomic E-state index is 0. The zero-order valence-electron chi connectivity index (χ0n) is 16.0. The first-order chi connectivity index (χ1) is 12.7. The summed E-state index contributed by atoms with van der Waals surface area (Å²) in [5, 5.41) is 23.0. The molecule has 0 radical (unpaired) electrons. The fourth-order valence-electron chi connectivity index (χ4n) is 3.16. The largest absolute Gasteiger partial charge is 0.391 e. The molecule has 2 heterocycles. The van der Waals surface area contributed by atoms with Crippen LogP contribution >= 0.6 is 12.4 Å². The van der Waals surface area contributed by atoms with Gasteiger partial charge in [-0.3, -0.25) is 0 Å². The molecule has 10 heteroatoms. The van der Waals surface area contributed by atoms with Crippen molar-refractivity contribution in [1.82, 2.24) is 19.9 Å². The van der Waals surface area contributed by atoms with E-state index < -0.39 is 0 Å². The lowest BCUT2D eigenvalue weighted by Gasteiger charge is -2.29. The average Bonchev–Trinajstić information content (AvgIpc) is 2.67. The summed E-state index contributed by atoms with van der Waals surface area (Å²) in [5.74, 6) is 2.28. The van der Waals surface area contributed by atoms with Crippen molar-refractivity contribution in [3.8, 4) is 0 Å². The predicted molar refractivity (Wildman–Crippen MR) is 112 cm³/mol. The van der Waals surface area contributed by atoms with Crippen LogP contribution in [0.4, 0.5) is 23.5 Å². The molecule has 0 unspecified atom stereocenters. The van der Waals surface area contributed by atoms with E-state index in [1.807, 2.05) is 0 Å². The number of fused-ring (bicyclic) bond motifs is 1. The van der Waals surface area contributed by atoms with Gasteiger partial charge in [0.1, 0.15) is 11.0 Å². The van der Waals surface area contributed by atoms with Crippen LogP contribution in [-0.2, 0) is 0 Å². The van der Waals surface area contributed by atoms with E-state index in [0.29, 0.717) is 34.6 Å². The van der Waals surface area contributed by atoms with Crippen LogP contribution in [0, 0.1) is 0 Å². The molecule has 1 aliphatic carbocycles. The maximum atomic E-state index is 10.3. The summed E-state index contributed by atoms with van der Waals surface area (Å²) in [5.41, 5.74) is 1.30. The van der Waals surface area contributed by atoms with Crippen LogP contribution in [0.25, 0.3) is 11.0 Å². The molecule has 0 saturated heterocycles. The molecule has 3 rings (SSSR count). The Hall–Kier alpha value is -2.13. The molecule has 2 aromatic heterocycles. The highest BCUT2D eigenvalue weighted by molar-refractivity contribution is 5.94. The Kier molecular flexibility index (Phi) is 7.61. The first-order valence-corrected chi connectivity index (χ1v) is 9.30. The van der Waals surface area contributed by atoms with Crippen LogP contribution in [0.5, 0.6) is 0 Å². The number of halogens is 1. The summed E-state index contributed by atoms with van der Waals surface area (Å²) in [6, 6.07) is -0.0355. The molecule has 0 amide bonds. The maximum Gasteiger partial charge on any atom is 0.225 e. The molecule has 0 aromatic carbocycles. The molecule has 0 aliphatic heterocycles. The fourth-order valence-corrected chi connectivity index (χ4v) is 3.16. The van der Waals surface area contributed by atoms with E-state index in [4.69, 9.17) is 0 Å². The third-order valence-corrected chi connectivity index (χ3v) is 4.58. The van der Waals surface area contributed by atoms with E-state index in [1.165, 1.54) is 0 Å². The van der Waals surface area contributed by atoms with Crippen LogP contribution in [0.15, 0.2) is 0 Å². The maximum absolute atomic E-state index is 10.3. The van der Waals surface area contributed by atoms with Gasteiger partial charge in [-0.1, -0.05) is 19.8 Å². The molecule has 27 heavy (non-hydrogen) atoms. The molecular weight excluding hydrogens is 368 g/mol. The lowest BCUT2D eigenvalue weighted by atomic mass is 9.92. The summed E-state index contributed by atoms with van der Waals surface area (Å²) in [6.45, 7) is 2.89. The predicted octanol–water partition coefficient (Wildman–Crippen LogP) is 2.46. The number of nitrogens with one attached hydrogen (secondary N) is 4. The van der Waals surface area contributed by atoms with Gasteiger partial charge < -0.3 is 26.4 Å². The quantitative estimate of drug-likeness (QED) is 0.480. The Labute approximate surface area is 165 Å². The summed E-state index contributed by atoms with van der Waals surface area (Å²) < 4.78 is 0. The Bertz CT molecular complexity index is 759. The Morgan fingerprint density at radius 3 is 2.11 bits per heavy atom. The second kappa shape index (κ2) is 9.70. The Morgan fingerprint density at radius 1 is 0.926 bits per heavy atom. The SMILES string of the molecule is CCCNc1nc(NC)nc2c(N[C@@H]3CCCC[C@H]3O)nc(NC)nc12.Cl. The normalized spacial score (nSPS) is 19.3. The van der Waals surface area contributed by atoms with Crippen molar-refractivity contribution in [2.45, 2.75) is 51.2 Å². The zero-order valence-corrected chi connectivity index (χ0v) is 16.9. The van der Waals surface area contributed by atoms with Crippen LogP contribution < -0.4 is 21.3 Å². The van der Waals surface area contributed by atoms with Gasteiger partial charge in [0.15, 0.2) is 11.6 Å². The highest BCUT2D eigenvalue weighted by atomic mass is 35.5. The second-order valence-electron chi connectivity index (χ2n) is 6.52. The number of nitrogens with zero attached hydrogens (tertiary/aromatic N) is 4. The molecule has 1 saturated carbocycles. The van der Waals surface area contributed by atoms with Gasteiger partial charge in [-0.25, -0.2) is 9.97 Å². The first-order valence-electron chi connectivity index (χ1n) is 9.30. The molecular formula is C17H29ClN8O. The van der Waals surface area contributed by atoms with Gasteiger partial charge in [0, 0.05) is 20.6 Å². The van der Waals surface area contributed by atoms with Crippen molar-refractivity contribution in [2.75, 3.05) is 41.9 Å². The number of aliphatic hydroxyl groups excluding tert-OH is 1. The summed E-state index contributed by atoms with van der Waals surface area (Å²) in [6.07, 6.45) is 4.46. The van der Waals surface area contributed by atoms with Gasteiger partial charge in [-0.15, -0.1) is 12.4 Å². The lowest BCUT2D eigenvalue weighted by Crippen LogP contribution is -2.36. The van der Waals surface area contributed by atoms with E-state index in [1.54, 1.807) is 14.1 Å². The van der Waals surface area contributed by atoms with Crippen LogP contribution in [0.3, 0.4) is 0 Å². The van der Waals surface area contributed by atoms with Crippen molar-refractivity contribution in [2.24, 2.45) is 0 Å². The van der Waals surface area contributed by atoms with Crippen molar-refractivity contribution in [1.29, 1.82) is 0 Å². The number of hydrogen-bond acceptors (Lipinski definition) is 9. The lowest BCUT2D eigenvalue weighted by molar-refractivity contribution is 0.116. The number of rotatable bonds is 7. The summed E-state index contributed by atoms with van der Waals surface area (Å²) in [4.78, 5) is 18.2. The fraction of sp³-hybridized carbons (Fsp3) is 0.647. The van der Waals surface area contributed by atoms with Crippen LogP contribution in [-0.4, -0.2) is 57.8 Å². The van der Waals surface area contributed by atoms with Gasteiger partial charge in [-0.2, -0.15) is 9.97 Å². The minimum atomic E-state index is -0.380. The highest BCUT2D eigenvalue weighted by Gasteiger charge is 2.25. The number of aromatic nitrogens is 4. The zero-order chi connectivity index (χ0) is 18.5. The van der Waals surface area contributed by atoms with E-state index in [-0.39, 0.29) is 24.6 Å². The molecule has 0 spiro atoms. The van der Waals surface area contributed by atoms with Gasteiger partial charge in [0.05, 0.1) is 12.1 Å². The standard InChI is InChI=1S/C17H28N8O.ClH/c1-4-9-20-14-12-13(23-16(18-2)24-14)15(25-17(19-3)22-12)21-10-7-5-6-8-11(10)26;/h10-11,26H,4-9H2,1-3H3,(H2,18,20,23,24)(H2,19,21,22,25);1H/t10-,11-;/m1./s1. The van der Waals surface area contributed by atoms with Crippen molar-refractivity contribution in [3.05, 3.63) is 0 Å². The molecule has 9 nitrogen and oxygen atoms in total. The number of aliphatic hydroxyl groups is 1. The highest BCUT2D eigenvalue weighted by Crippen LogP contribution is 2.29. The van der Waals surface area contributed by atoms with Crippen LogP contribution in [0.1, 0.15) is 39.0 Å². The first kappa shape index (κ1) is 21.2. The van der Waals surface area contributed by atoms with Gasteiger partial charge in [0.2, 0.25) is 11.9 Å². The smallest absolute Gasteiger partial charge is 0.225 e. The molecule has 0 bridgehead atoms. The van der Waals surface area contributed by atoms with Crippen LogP contribution in [0.2, 0.25) is 0 Å². The van der Waals surface area contributed by atoms with Gasteiger partial charge in [0.25, 0.3) is 0 Å². The molecule has 1 aliphatic rings. The van der Waals surface area contributed by atoms with Crippen molar-refractivity contribution < 1.29 is 5.11 Å². The number of anilines is 4. The van der Waals surface area contributed by atoms with E-state index in [9.17, 15) is 5.11 Å². The van der Waals surface area contributed by atoms with Crippen molar-refractivity contribution in [3.63, 3.8) is 0 Å². The molecule has 5 N–H and O–H groups in total. The molecule has 2 aromatic rings. The van der Waals surface area contributed by atoms with E-state index >= 15 is 0 Å². The molecule has 2 atom stereocenters. The van der Waals surface area contributed by atoms with Gasteiger partial charge >= 0.3 is 0 Å². The van der Waals surface area contributed by atoms with Crippen molar-refractivity contribution >= 4 is 47.0 Å². The third-order valence-electron chi connectivity index (χ3n) is 4.58. The van der Waals surface area contributed by atoms with E-state index in [0.717, 1.165) is 38.6 Å². The average molecular weight is 397 g/mol. The molecule has 1 fully saturated rings. The molecule has 150 valence electrons. The van der Waals surface area contributed by atoms with Gasteiger partial charge in [-0.05, 0) is 19.3 Å². The minimum Gasteiger partial charge on any atom is -0.391 e. The Morgan fingerprint density at radius 2 is 1.52 bits per heavy atom. The number of hydrogen-bond donors (Lipinski definition) is 5.